The van der Waals surface area contributed by atoms with Crippen molar-refractivity contribution in [2.24, 2.45) is 11.3 Å². The van der Waals surface area contributed by atoms with E-state index >= 15 is 0 Å². The minimum absolute atomic E-state index is 0.107. The molecule has 82 heavy (non-hydrogen) atoms. The van der Waals surface area contributed by atoms with Gasteiger partial charge in [-0.3, -0.25) is 24.7 Å². The fourth-order valence-corrected chi connectivity index (χ4v) is 15.8. The maximum atomic E-state index is 14.8. The molecule has 5 fully saturated rings. The highest BCUT2D eigenvalue weighted by Crippen LogP contribution is 2.54. The summed E-state index contributed by atoms with van der Waals surface area (Å²) in [4.78, 5) is 48.6. The lowest BCUT2D eigenvalue weighted by Gasteiger charge is -2.58. The number of nitro benzene ring substituents is 1. The third-order valence-electron chi connectivity index (χ3n) is 18.5. The number of carbonyl (C=O) groups excluding carboxylic acids is 1. The highest BCUT2D eigenvalue weighted by molar-refractivity contribution is 7.90. The van der Waals surface area contributed by atoms with E-state index in [0.717, 1.165) is 100 Å². The first-order chi connectivity index (χ1) is 39.5. The van der Waals surface area contributed by atoms with Gasteiger partial charge in [0.1, 0.15) is 23.1 Å². The van der Waals surface area contributed by atoms with Crippen LogP contribution in [0.3, 0.4) is 0 Å². The number of rotatable bonds is 16. The zero-order chi connectivity index (χ0) is 57.1. The van der Waals surface area contributed by atoms with Gasteiger partial charge in [-0.05, 0) is 158 Å². The number of nitrogens with zero attached hydrogens (tertiary/aromatic N) is 7. The molecule has 22 heteroatoms. The number of hydrogen-bond donors (Lipinski definition) is 4. The van der Waals surface area contributed by atoms with Crippen LogP contribution < -0.4 is 34.0 Å². The summed E-state index contributed by atoms with van der Waals surface area (Å²) in [6.07, 6.45) is 10.9. The van der Waals surface area contributed by atoms with E-state index in [1.54, 1.807) is 31.6 Å². The van der Waals surface area contributed by atoms with Crippen LogP contribution in [0.1, 0.15) is 118 Å². The first-order valence-electron chi connectivity index (χ1n) is 28.8. The number of anilines is 4. The van der Waals surface area contributed by atoms with Gasteiger partial charge >= 0.3 is 0 Å². The van der Waals surface area contributed by atoms with Crippen LogP contribution in [0.15, 0.2) is 82.6 Å². The molecule has 3 atom stereocenters. The van der Waals surface area contributed by atoms with Gasteiger partial charge in [0, 0.05) is 94.0 Å². The van der Waals surface area contributed by atoms with Crippen molar-refractivity contribution in [2.45, 2.75) is 126 Å². The smallest absolute Gasteiger partial charge is 0.293 e. The minimum atomic E-state index is -4.64. The zero-order valence-corrected chi connectivity index (χ0v) is 48.9. The van der Waals surface area contributed by atoms with Crippen LogP contribution >= 0.6 is 11.3 Å². The van der Waals surface area contributed by atoms with Gasteiger partial charge < -0.3 is 44.2 Å². The van der Waals surface area contributed by atoms with Gasteiger partial charge in [0.2, 0.25) is 5.88 Å². The number of benzene rings is 2. The molecule has 20 nitrogen and oxygen atoms in total. The maximum Gasteiger partial charge on any atom is 0.293 e. The fourth-order valence-electron chi connectivity index (χ4n) is 13.7. The Morgan fingerprint density at radius 3 is 2.55 bits per heavy atom. The Labute approximate surface area is 482 Å². The Bertz CT molecular complexity index is 3450. The first-order valence-corrected chi connectivity index (χ1v) is 31.2. The molecule has 3 saturated heterocycles. The molecule has 2 aliphatic carbocycles. The number of sulfonamides is 1. The molecular formula is C60H74N10O10S2. The van der Waals surface area contributed by atoms with Gasteiger partial charge in [-0.1, -0.05) is 13.8 Å². The van der Waals surface area contributed by atoms with Gasteiger partial charge in [0.15, 0.2) is 5.75 Å². The van der Waals surface area contributed by atoms with Crippen LogP contribution in [0.5, 0.6) is 17.5 Å². The molecule has 12 rings (SSSR count). The predicted octanol–water partition coefficient (Wildman–Crippen LogP) is 9.54. The number of aromatic amines is 1. The van der Waals surface area contributed by atoms with Gasteiger partial charge in [-0.25, -0.2) is 18.1 Å². The van der Waals surface area contributed by atoms with Crippen LogP contribution in [-0.4, -0.2) is 140 Å². The van der Waals surface area contributed by atoms with Crippen molar-refractivity contribution < 1.29 is 42.2 Å². The predicted molar refractivity (Wildman–Crippen MR) is 315 cm³/mol. The monoisotopic (exact) mass is 1160 g/mol. The van der Waals surface area contributed by atoms with E-state index in [1.165, 1.54) is 23.3 Å². The highest BCUT2D eigenvalue weighted by atomic mass is 32.2. The van der Waals surface area contributed by atoms with E-state index in [1.807, 2.05) is 49.6 Å². The van der Waals surface area contributed by atoms with Crippen LogP contribution in [0.4, 0.5) is 28.4 Å². The number of thiophene rings is 1. The third-order valence-corrected chi connectivity index (χ3v) is 20.6. The lowest BCUT2D eigenvalue weighted by Crippen LogP contribution is -2.59. The van der Waals surface area contributed by atoms with E-state index in [9.17, 15) is 28.4 Å². The van der Waals surface area contributed by atoms with Crippen LogP contribution in [0, 0.1) is 21.4 Å². The maximum absolute atomic E-state index is 14.8. The second-order valence-corrected chi connectivity index (χ2v) is 26.5. The number of aromatic nitrogens is 3. The lowest BCUT2D eigenvalue weighted by molar-refractivity contribution is -0.384. The van der Waals surface area contributed by atoms with Gasteiger partial charge in [-0.15, -0.1) is 0 Å². The van der Waals surface area contributed by atoms with Crippen molar-refractivity contribution in [3.8, 4) is 17.5 Å². The number of nitro groups is 1. The zero-order valence-electron chi connectivity index (χ0n) is 47.3. The molecule has 4 N–H and O–H groups in total. The second kappa shape index (κ2) is 22.5. The standard InChI is InChI=1S/C60H74N10O10S2/c1-37(2)45-35-81-36-46(45)52-33-66(32-39-24-53(77-4)58(78-5)63-31-39)21-22-68(52)42-28-60(29-42)16-19-67(20-17-60)41-6-8-44(49(26-41)69-48-13-23-79-34-54(48)80-57-51(69)25-40-12-18-61-55(40)64-57)56(71)65-82(75,76)43-7-9-47(50(27-43)70(73)74)62-30-38-10-14-59(3,72)15-11-38/h6-9,12,18,24-27,31,35-38,42,48,52,54,62,72H,10-11,13-17,19-23,28-30,32-34H2,1-5H3,(H,61,64)(H,65,71)/t38?,48-,52+,54-,59?/m0/s1. The summed E-state index contributed by atoms with van der Waals surface area (Å²) in [5.74, 6) is 1.20. The normalized spacial score (nSPS) is 24.1. The summed E-state index contributed by atoms with van der Waals surface area (Å²) in [6, 6.07) is 15.6. The topological polar surface area (TPSA) is 230 Å². The third kappa shape index (κ3) is 11.1. The number of methoxy groups -OCH3 is 2. The lowest BCUT2D eigenvalue weighted by atomic mass is 9.59. The molecule has 436 valence electrons. The number of hydrogen-bond acceptors (Lipinski definition) is 18. The molecule has 4 aliphatic heterocycles. The Morgan fingerprint density at radius 1 is 0.988 bits per heavy atom. The van der Waals surface area contributed by atoms with E-state index < -0.39 is 43.1 Å². The molecule has 0 bridgehead atoms. The molecule has 8 heterocycles. The highest BCUT2D eigenvalue weighted by Gasteiger charge is 2.51. The summed E-state index contributed by atoms with van der Waals surface area (Å²) >= 11 is 1.80. The van der Waals surface area contributed by atoms with Crippen molar-refractivity contribution >= 4 is 66.7 Å². The van der Waals surface area contributed by atoms with E-state index in [2.05, 4.69) is 64.2 Å². The first kappa shape index (κ1) is 55.9. The molecule has 6 aliphatic rings. The average molecular weight is 1160 g/mol. The summed E-state index contributed by atoms with van der Waals surface area (Å²) in [7, 11) is -1.39. The summed E-state index contributed by atoms with van der Waals surface area (Å²) in [5.41, 5.74) is 5.96. The van der Waals surface area contributed by atoms with Gasteiger partial charge in [0.25, 0.3) is 27.5 Å². The fraction of sp³-hybridized carbons (Fsp3) is 0.517. The van der Waals surface area contributed by atoms with Crippen molar-refractivity contribution in [2.75, 3.05) is 81.8 Å². The van der Waals surface area contributed by atoms with Crippen molar-refractivity contribution in [3.63, 3.8) is 0 Å². The minimum Gasteiger partial charge on any atom is -0.491 e. The van der Waals surface area contributed by atoms with E-state index in [-0.39, 0.29) is 34.7 Å². The molecule has 1 spiro atoms. The van der Waals surface area contributed by atoms with Gasteiger partial charge in [0.05, 0.1) is 53.5 Å². The largest absolute Gasteiger partial charge is 0.491 e. The number of piperidine rings is 1. The summed E-state index contributed by atoms with van der Waals surface area (Å²) in [6.45, 7) is 12.8. The molecule has 2 saturated carbocycles. The Hall–Kier alpha value is -6.56. The van der Waals surface area contributed by atoms with Crippen LogP contribution in [-0.2, 0) is 21.3 Å². The number of amides is 1. The van der Waals surface area contributed by atoms with Crippen molar-refractivity contribution in [3.05, 3.63) is 110 Å². The Kier molecular flexibility index (Phi) is 15.4. The van der Waals surface area contributed by atoms with Crippen LogP contribution in [0.25, 0.3) is 11.0 Å². The number of aliphatic hydroxyl groups is 1. The van der Waals surface area contributed by atoms with Crippen molar-refractivity contribution in [1.29, 1.82) is 0 Å². The molecule has 0 radical (unpaired) electrons. The van der Waals surface area contributed by atoms with Gasteiger partial charge in [-0.2, -0.15) is 16.3 Å². The molecular weight excluding hydrogens is 1080 g/mol. The number of pyridine rings is 2. The second-order valence-electron chi connectivity index (χ2n) is 24.1. The Balaban J connectivity index is 0.792. The molecule has 0 unspecified atom stereocenters. The molecule has 4 aromatic heterocycles. The quantitative estimate of drug-likeness (QED) is 0.0522. The summed E-state index contributed by atoms with van der Waals surface area (Å²) < 4.78 is 54.4. The SMILES string of the molecule is COc1cc(CN2CCN(C3CC4(CCN(c5ccc(C(=O)NS(=O)(=O)c6ccc(NCC7CCC(C)(O)CC7)c([N+](=O)[O-])c6)c(N6c7cc8cc[nH]c8nc7O[C@H]7COCC[C@@H]76)c5)CC4)C3)[C@@H](c3cscc3C(C)C)C2)cnc1OC. The number of ether oxygens (including phenoxy) is 4. The van der Waals surface area contributed by atoms with E-state index in [0.29, 0.717) is 85.5 Å². The average Bonchev–Trinajstić information content (AvgIpc) is 2.91. The number of nitrogens with one attached hydrogen (secondary N) is 3. The number of carbonyl (C=O) groups is 1. The Morgan fingerprint density at radius 2 is 1.79 bits per heavy atom. The van der Waals surface area contributed by atoms with E-state index in [4.69, 9.17) is 23.9 Å². The number of piperazine rings is 1. The van der Waals surface area contributed by atoms with Crippen LogP contribution in [0.2, 0.25) is 0 Å². The molecule has 1 amide bonds. The molecule has 2 aromatic carbocycles. The number of fused-ring (bicyclic) bond motifs is 3. The number of H-pyrrole nitrogens is 1. The summed E-state index contributed by atoms with van der Waals surface area (Å²) in [5, 5.41) is 31.6. The van der Waals surface area contributed by atoms with Crippen molar-refractivity contribution in [1.82, 2.24) is 29.5 Å². The molecule has 6 aromatic rings.